The van der Waals surface area contributed by atoms with Crippen molar-refractivity contribution >= 4 is 17.0 Å². The number of quaternary nitrogens is 1. The van der Waals surface area contributed by atoms with Gasteiger partial charge in [-0.3, -0.25) is 9.47 Å². The molecule has 0 spiro atoms. The summed E-state index contributed by atoms with van der Waals surface area (Å²) in [4.78, 5) is 6.07. The van der Waals surface area contributed by atoms with Crippen LogP contribution in [0.5, 0.6) is 11.5 Å². The Morgan fingerprint density at radius 2 is 2.04 bits per heavy atom. The van der Waals surface area contributed by atoms with E-state index < -0.39 is 0 Å². The molecule has 0 fully saturated rings. The third-order valence-corrected chi connectivity index (χ3v) is 4.42. The average molecular weight is 309 g/mol. The molecular weight excluding hydrogens is 292 g/mol. The van der Waals surface area contributed by atoms with Crippen LogP contribution in [-0.2, 0) is 13.2 Å². The van der Waals surface area contributed by atoms with Crippen molar-refractivity contribution < 1.29 is 14.4 Å². The van der Waals surface area contributed by atoms with Gasteiger partial charge in [0.15, 0.2) is 24.8 Å². The number of nitrogens with one attached hydrogen (secondary N) is 2. The number of benzene rings is 2. The van der Waals surface area contributed by atoms with Gasteiger partial charge in [0.25, 0.3) is 0 Å². The Bertz CT molecular complexity index is 889. The summed E-state index contributed by atoms with van der Waals surface area (Å²) in [6.45, 7) is 3.01. The SMILES string of the molecule is c1ccc2c(c1)nc1n2C[NH+](Cc2ccc3c(c2)OCO3)CN1. The summed E-state index contributed by atoms with van der Waals surface area (Å²) in [5.41, 5.74) is 3.47. The Kier molecular flexibility index (Phi) is 2.72. The minimum atomic E-state index is 0.321. The molecule has 1 atom stereocenters. The van der Waals surface area contributed by atoms with E-state index in [1.54, 1.807) is 0 Å². The molecule has 0 aliphatic carbocycles. The van der Waals surface area contributed by atoms with Gasteiger partial charge in [-0.2, -0.15) is 0 Å². The van der Waals surface area contributed by atoms with Crippen molar-refractivity contribution in [1.82, 2.24) is 9.55 Å². The molecule has 2 aliphatic rings. The zero-order valence-electron chi connectivity index (χ0n) is 12.6. The summed E-state index contributed by atoms with van der Waals surface area (Å²) in [6, 6.07) is 14.4. The van der Waals surface area contributed by atoms with Crippen molar-refractivity contribution in [3.05, 3.63) is 48.0 Å². The molecule has 116 valence electrons. The Labute approximate surface area is 133 Å². The van der Waals surface area contributed by atoms with Crippen LogP contribution in [0.4, 0.5) is 5.95 Å². The van der Waals surface area contributed by atoms with E-state index in [1.807, 2.05) is 12.1 Å². The third-order valence-electron chi connectivity index (χ3n) is 4.42. The summed E-state index contributed by atoms with van der Waals surface area (Å²) in [7, 11) is 0. The van der Waals surface area contributed by atoms with E-state index in [2.05, 4.69) is 45.2 Å². The maximum Gasteiger partial charge on any atom is 0.231 e. The molecule has 6 nitrogen and oxygen atoms in total. The zero-order chi connectivity index (χ0) is 15.2. The summed E-state index contributed by atoms with van der Waals surface area (Å²) < 4.78 is 13.1. The number of hydrogen-bond donors (Lipinski definition) is 2. The van der Waals surface area contributed by atoms with Crippen LogP contribution in [0.25, 0.3) is 11.0 Å². The predicted octanol–water partition coefficient (Wildman–Crippen LogP) is 1.19. The van der Waals surface area contributed by atoms with Gasteiger partial charge in [0.05, 0.1) is 11.0 Å². The number of fused-ring (bicyclic) bond motifs is 4. The number of anilines is 1. The van der Waals surface area contributed by atoms with Crippen molar-refractivity contribution in [1.29, 1.82) is 0 Å². The number of nitrogens with zero attached hydrogens (tertiary/aromatic N) is 2. The maximum atomic E-state index is 5.47. The van der Waals surface area contributed by atoms with Gasteiger partial charge in [-0.05, 0) is 30.3 Å². The number of rotatable bonds is 2. The fraction of sp³-hybridized carbons (Fsp3) is 0.235. The highest BCUT2D eigenvalue weighted by Crippen LogP contribution is 2.32. The highest BCUT2D eigenvalue weighted by Gasteiger charge is 2.23. The summed E-state index contributed by atoms with van der Waals surface area (Å²) in [5.74, 6) is 2.64. The van der Waals surface area contributed by atoms with Gasteiger partial charge in [0.2, 0.25) is 12.7 Å². The fourth-order valence-corrected chi connectivity index (χ4v) is 3.31. The van der Waals surface area contributed by atoms with E-state index in [0.29, 0.717) is 6.79 Å². The molecule has 0 radical (unpaired) electrons. The van der Waals surface area contributed by atoms with Gasteiger partial charge in [0.1, 0.15) is 6.54 Å². The van der Waals surface area contributed by atoms with Crippen molar-refractivity contribution in [3.63, 3.8) is 0 Å². The van der Waals surface area contributed by atoms with Crippen LogP contribution >= 0.6 is 0 Å². The normalized spacial score (nSPS) is 18.7. The number of ether oxygens (including phenoxy) is 2. The second-order valence-corrected chi connectivity index (χ2v) is 5.98. The quantitative estimate of drug-likeness (QED) is 0.747. The van der Waals surface area contributed by atoms with E-state index in [1.165, 1.54) is 16.0 Å². The topological polar surface area (TPSA) is 52.8 Å². The molecule has 2 aromatic carbocycles. The lowest BCUT2D eigenvalue weighted by Crippen LogP contribution is -3.12. The van der Waals surface area contributed by atoms with Gasteiger partial charge < -0.3 is 14.8 Å². The lowest BCUT2D eigenvalue weighted by atomic mass is 10.2. The first-order valence-electron chi connectivity index (χ1n) is 7.78. The summed E-state index contributed by atoms with van der Waals surface area (Å²) >= 11 is 0. The van der Waals surface area contributed by atoms with E-state index in [0.717, 1.165) is 42.8 Å². The molecule has 2 aliphatic heterocycles. The Balaban J connectivity index is 1.41. The Hall–Kier alpha value is -2.73. The molecule has 2 N–H and O–H groups in total. The lowest BCUT2D eigenvalue weighted by molar-refractivity contribution is -0.935. The van der Waals surface area contributed by atoms with Gasteiger partial charge in [0, 0.05) is 5.56 Å². The van der Waals surface area contributed by atoms with Crippen LogP contribution in [0.3, 0.4) is 0 Å². The highest BCUT2D eigenvalue weighted by atomic mass is 16.7. The molecule has 0 saturated carbocycles. The Morgan fingerprint density at radius 3 is 3.04 bits per heavy atom. The zero-order valence-corrected chi connectivity index (χ0v) is 12.6. The first kappa shape index (κ1) is 12.8. The maximum absolute atomic E-state index is 5.47. The number of hydrogen-bond acceptors (Lipinski definition) is 4. The van der Waals surface area contributed by atoms with E-state index in [4.69, 9.17) is 9.47 Å². The van der Waals surface area contributed by atoms with Gasteiger partial charge in [-0.15, -0.1) is 0 Å². The van der Waals surface area contributed by atoms with Crippen LogP contribution < -0.4 is 19.7 Å². The number of aromatic nitrogens is 2. The number of imidazole rings is 1. The molecule has 1 aromatic heterocycles. The standard InChI is InChI=1S/C17H16N4O2/c1-2-4-14-13(3-1)19-17-18-9-20(10-21(14)17)8-12-5-6-15-16(7-12)23-11-22-15/h1-7H,8-11H2,(H,18,19)/p+1. The van der Waals surface area contributed by atoms with E-state index in [-0.39, 0.29) is 0 Å². The second kappa shape index (κ2) is 4.89. The second-order valence-electron chi connectivity index (χ2n) is 5.98. The largest absolute Gasteiger partial charge is 0.454 e. The molecule has 0 amide bonds. The number of para-hydroxylation sites is 2. The predicted molar refractivity (Wildman–Crippen MR) is 85.5 cm³/mol. The molecule has 5 rings (SSSR count). The van der Waals surface area contributed by atoms with Crippen molar-refractivity contribution in [2.75, 3.05) is 18.8 Å². The third kappa shape index (κ3) is 2.10. The smallest absolute Gasteiger partial charge is 0.231 e. The van der Waals surface area contributed by atoms with Crippen LogP contribution in [0, 0.1) is 0 Å². The van der Waals surface area contributed by atoms with Gasteiger partial charge >= 0.3 is 0 Å². The summed E-state index contributed by atoms with van der Waals surface area (Å²) in [6.07, 6.45) is 0. The molecule has 3 heterocycles. The fourth-order valence-electron chi connectivity index (χ4n) is 3.31. The van der Waals surface area contributed by atoms with Crippen LogP contribution in [0.2, 0.25) is 0 Å². The average Bonchev–Trinajstić information content (AvgIpc) is 3.18. The van der Waals surface area contributed by atoms with E-state index >= 15 is 0 Å². The van der Waals surface area contributed by atoms with Crippen molar-refractivity contribution in [2.24, 2.45) is 0 Å². The van der Waals surface area contributed by atoms with Crippen LogP contribution in [0.1, 0.15) is 5.56 Å². The highest BCUT2D eigenvalue weighted by molar-refractivity contribution is 5.78. The van der Waals surface area contributed by atoms with Gasteiger partial charge in [-0.1, -0.05) is 12.1 Å². The Morgan fingerprint density at radius 1 is 1.13 bits per heavy atom. The summed E-state index contributed by atoms with van der Waals surface area (Å²) in [5, 5.41) is 3.43. The first-order valence-corrected chi connectivity index (χ1v) is 7.78. The minimum Gasteiger partial charge on any atom is -0.454 e. The van der Waals surface area contributed by atoms with Gasteiger partial charge in [-0.25, -0.2) is 4.98 Å². The lowest BCUT2D eigenvalue weighted by Gasteiger charge is -2.26. The van der Waals surface area contributed by atoms with Crippen LogP contribution in [-0.4, -0.2) is 23.0 Å². The minimum absolute atomic E-state index is 0.321. The van der Waals surface area contributed by atoms with Crippen molar-refractivity contribution in [3.8, 4) is 11.5 Å². The monoisotopic (exact) mass is 309 g/mol. The van der Waals surface area contributed by atoms with Crippen molar-refractivity contribution in [2.45, 2.75) is 13.2 Å². The molecule has 0 saturated heterocycles. The molecule has 3 aromatic rings. The molecule has 23 heavy (non-hydrogen) atoms. The first-order chi connectivity index (χ1) is 11.4. The molecule has 1 unspecified atom stereocenters. The molecule has 6 heteroatoms. The molecule has 0 bridgehead atoms. The van der Waals surface area contributed by atoms with Crippen LogP contribution in [0.15, 0.2) is 42.5 Å². The molecular formula is C17H17N4O2+. The van der Waals surface area contributed by atoms with E-state index in [9.17, 15) is 0 Å².